The molecule has 0 unspecified atom stereocenters. The fraction of sp³-hybridized carbons (Fsp3) is 0.278. The Balaban J connectivity index is 2.21. The van der Waals surface area contributed by atoms with Crippen LogP contribution in [-0.2, 0) is 11.3 Å². The van der Waals surface area contributed by atoms with E-state index in [-0.39, 0.29) is 12.1 Å². The van der Waals surface area contributed by atoms with Gasteiger partial charge in [0.1, 0.15) is 6.29 Å². The zero-order chi connectivity index (χ0) is 14.4. The predicted octanol–water partition coefficient (Wildman–Crippen LogP) is 3.84. The van der Waals surface area contributed by atoms with Gasteiger partial charge in [0.2, 0.25) is 0 Å². The zero-order valence-electron chi connectivity index (χ0n) is 12.1. The Hall–Kier alpha value is -1.93. The van der Waals surface area contributed by atoms with Crippen molar-refractivity contribution in [3.8, 4) is 0 Å². The Kier molecular flexibility index (Phi) is 5.08. The maximum Gasteiger partial charge on any atom is 0.136 e. The van der Waals surface area contributed by atoms with Crippen LogP contribution in [0.3, 0.4) is 0 Å². The van der Waals surface area contributed by atoms with E-state index in [1.807, 2.05) is 43.3 Å². The van der Waals surface area contributed by atoms with Gasteiger partial charge in [-0.25, -0.2) is 0 Å². The van der Waals surface area contributed by atoms with Crippen molar-refractivity contribution in [3.63, 3.8) is 0 Å². The molecule has 104 valence electrons. The average Bonchev–Trinajstić information content (AvgIpc) is 2.53. The van der Waals surface area contributed by atoms with Crippen LogP contribution in [0.15, 0.2) is 60.7 Å². The van der Waals surface area contributed by atoms with Crippen LogP contribution in [0.2, 0.25) is 0 Å². The topological polar surface area (TPSA) is 20.3 Å². The lowest BCUT2D eigenvalue weighted by molar-refractivity contribution is -0.112. The van der Waals surface area contributed by atoms with Gasteiger partial charge in [-0.05, 0) is 25.0 Å². The molecule has 0 fully saturated rings. The molecule has 0 bridgehead atoms. The van der Waals surface area contributed by atoms with E-state index in [0.717, 1.165) is 12.8 Å². The van der Waals surface area contributed by atoms with Crippen molar-refractivity contribution in [3.05, 3.63) is 71.8 Å². The quantitative estimate of drug-likeness (QED) is 0.741. The molecule has 0 heterocycles. The molecule has 2 aromatic rings. The van der Waals surface area contributed by atoms with E-state index >= 15 is 0 Å². The minimum absolute atomic E-state index is 0.106. The lowest BCUT2D eigenvalue weighted by atomic mass is 10.0. The van der Waals surface area contributed by atoms with Gasteiger partial charge < -0.3 is 4.79 Å². The molecule has 2 heteroatoms. The number of rotatable bonds is 6. The van der Waals surface area contributed by atoms with Gasteiger partial charge in [-0.1, -0.05) is 60.7 Å². The molecule has 0 spiro atoms. The number of nitrogens with zero attached hydrogens (tertiary/aromatic N) is 1. The number of carbonyl (C=O) groups excluding carboxylic acids is 1. The summed E-state index contributed by atoms with van der Waals surface area (Å²) >= 11 is 0. The third-order valence-electron chi connectivity index (χ3n) is 3.71. The molecule has 0 saturated carbocycles. The molecule has 0 saturated heterocycles. The van der Waals surface area contributed by atoms with Crippen molar-refractivity contribution in [1.29, 1.82) is 0 Å². The van der Waals surface area contributed by atoms with E-state index in [1.54, 1.807) is 0 Å². The number of carbonyl (C=O) groups is 1. The van der Waals surface area contributed by atoms with E-state index < -0.39 is 0 Å². The molecular formula is C18H21NO. The lowest BCUT2D eigenvalue weighted by Crippen LogP contribution is -2.36. The molecule has 0 N–H and O–H groups in total. The number of aldehydes is 1. The number of hydrogen-bond donors (Lipinski definition) is 0. The molecular weight excluding hydrogens is 246 g/mol. The van der Waals surface area contributed by atoms with E-state index in [0.29, 0.717) is 0 Å². The van der Waals surface area contributed by atoms with Crippen molar-refractivity contribution < 1.29 is 4.79 Å². The SMILES string of the molecule is C[C@H](C=O)N(Cc1ccccc1)[C@H](C)c1ccccc1. The van der Waals surface area contributed by atoms with Gasteiger partial charge in [0, 0.05) is 12.6 Å². The molecule has 2 aromatic carbocycles. The second-order valence-electron chi connectivity index (χ2n) is 5.12. The van der Waals surface area contributed by atoms with E-state index in [9.17, 15) is 4.79 Å². The van der Waals surface area contributed by atoms with Crippen molar-refractivity contribution in [1.82, 2.24) is 4.90 Å². The molecule has 0 aliphatic carbocycles. The minimum atomic E-state index is -0.106. The van der Waals surface area contributed by atoms with Crippen LogP contribution in [0.25, 0.3) is 0 Å². The first kappa shape index (κ1) is 14.5. The molecule has 0 amide bonds. The summed E-state index contributed by atoms with van der Waals surface area (Å²) in [5, 5.41) is 0. The van der Waals surface area contributed by atoms with Gasteiger partial charge in [-0.15, -0.1) is 0 Å². The highest BCUT2D eigenvalue weighted by atomic mass is 16.1. The summed E-state index contributed by atoms with van der Waals surface area (Å²) in [4.78, 5) is 13.5. The lowest BCUT2D eigenvalue weighted by Gasteiger charge is -2.32. The van der Waals surface area contributed by atoms with E-state index in [4.69, 9.17) is 0 Å². The highest BCUT2D eigenvalue weighted by molar-refractivity contribution is 5.57. The van der Waals surface area contributed by atoms with Crippen LogP contribution in [-0.4, -0.2) is 17.2 Å². The second kappa shape index (κ2) is 7.01. The summed E-state index contributed by atoms with van der Waals surface area (Å²) in [6.45, 7) is 4.88. The summed E-state index contributed by atoms with van der Waals surface area (Å²) < 4.78 is 0. The summed E-state index contributed by atoms with van der Waals surface area (Å²) in [5.74, 6) is 0. The van der Waals surface area contributed by atoms with Crippen molar-refractivity contribution >= 4 is 6.29 Å². The van der Waals surface area contributed by atoms with Crippen molar-refractivity contribution in [2.24, 2.45) is 0 Å². The third kappa shape index (κ3) is 3.55. The Labute approximate surface area is 121 Å². The smallest absolute Gasteiger partial charge is 0.136 e. The molecule has 20 heavy (non-hydrogen) atoms. The maximum absolute atomic E-state index is 11.2. The molecule has 2 rings (SSSR count). The number of benzene rings is 2. The van der Waals surface area contributed by atoms with Gasteiger partial charge in [0.05, 0.1) is 6.04 Å². The van der Waals surface area contributed by atoms with Gasteiger partial charge in [-0.3, -0.25) is 4.90 Å². The maximum atomic E-state index is 11.2. The largest absolute Gasteiger partial charge is 0.302 e. The van der Waals surface area contributed by atoms with Crippen molar-refractivity contribution in [2.75, 3.05) is 0 Å². The Morgan fingerprint density at radius 2 is 1.50 bits per heavy atom. The normalized spacial score (nSPS) is 13.9. The van der Waals surface area contributed by atoms with Crippen LogP contribution in [0.1, 0.15) is 31.0 Å². The first-order chi connectivity index (χ1) is 9.72. The number of hydrogen-bond acceptors (Lipinski definition) is 2. The highest BCUT2D eigenvalue weighted by Crippen LogP contribution is 2.24. The van der Waals surface area contributed by atoms with E-state index in [2.05, 4.69) is 36.1 Å². The summed E-state index contributed by atoms with van der Waals surface area (Å²) in [5.41, 5.74) is 2.46. The summed E-state index contributed by atoms with van der Waals surface area (Å²) in [6.07, 6.45) is 1.02. The first-order valence-corrected chi connectivity index (χ1v) is 7.02. The Morgan fingerprint density at radius 1 is 0.950 bits per heavy atom. The minimum Gasteiger partial charge on any atom is -0.302 e. The fourth-order valence-electron chi connectivity index (χ4n) is 2.43. The highest BCUT2D eigenvalue weighted by Gasteiger charge is 2.21. The van der Waals surface area contributed by atoms with Gasteiger partial charge >= 0.3 is 0 Å². The monoisotopic (exact) mass is 267 g/mol. The Bertz CT molecular complexity index is 524. The molecule has 2 nitrogen and oxygen atoms in total. The summed E-state index contributed by atoms with van der Waals surface area (Å²) in [7, 11) is 0. The van der Waals surface area contributed by atoms with Crippen LogP contribution in [0.5, 0.6) is 0 Å². The fourth-order valence-corrected chi connectivity index (χ4v) is 2.43. The average molecular weight is 267 g/mol. The van der Waals surface area contributed by atoms with Crippen LogP contribution < -0.4 is 0 Å². The van der Waals surface area contributed by atoms with Crippen molar-refractivity contribution in [2.45, 2.75) is 32.5 Å². The van der Waals surface area contributed by atoms with E-state index in [1.165, 1.54) is 11.1 Å². The Morgan fingerprint density at radius 3 is 2.05 bits per heavy atom. The molecule has 0 aliphatic heterocycles. The first-order valence-electron chi connectivity index (χ1n) is 7.02. The zero-order valence-corrected chi connectivity index (χ0v) is 12.1. The second-order valence-corrected chi connectivity index (χ2v) is 5.12. The predicted molar refractivity (Wildman–Crippen MR) is 82.4 cm³/mol. The molecule has 2 atom stereocenters. The van der Waals surface area contributed by atoms with Crippen LogP contribution in [0, 0.1) is 0 Å². The third-order valence-corrected chi connectivity index (χ3v) is 3.71. The molecule has 0 aromatic heterocycles. The molecule has 0 radical (unpaired) electrons. The van der Waals surface area contributed by atoms with Crippen LogP contribution in [0.4, 0.5) is 0 Å². The van der Waals surface area contributed by atoms with Gasteiger partial charge in [0.15, 0.2) is 0 Å². The summed E-state index contributed by atoms with van der Waals surface area (Å²) in [6, 6.07) is 20.7. The van der Waals surface area contributed by atoms with Gasteiger partial charge in [-0.2, -0.15) is 0 Å². The van der Waals surface area contributed by atoms with Crippen LogP contribution >= 0.6 is 0 Å². The standard InChI is InChI=1S/C18H21NO/c1-15(14-20)19(13-17-9-5-3-6-10-17)16(2)18-11-7-4-8-12-18/h3-12,14-16H,13H2,1-2H3/t15-,16-/m1/s1. The molecule has 0 aliphatic rings. The van der Waals surface area contributed by atoms with Gasteiger partial charge in [0.25, 0.3) is 0 Å².